The second-order valence-electron chi connectivity index (χ2n) is 9.00. The summed E-state index contributed by atoms with van der Waals surface area (Å²) in [5.74, 6) is -0.756. The molecule has 1 N–H and O–H groups in total. The van der Waals surface area contributed by atoms with E-state index in [-0.39, 0.29) is 28.3 Å². The van der Waals surface area contributed by atoms with Crippen molar-refractivity contribution >= 4 is 17.5 Å². The number of nitrogens with zero attached hydrogens (tertiary/aromatic N) is 1. The van der Waals surface area contributed by atoms with Crippen LogP contribution in [0.25, 0.3) is 0 Å². The van der Waals surface area contributed by atoms with Crippen molar-refractivity contribution in [2.24, 2.45) is 0 Å². The minimum atomic E-state index is -4.73. The van der Waals surface area contributed by atoms with E-state index in [1.807, 2.05) is 0 Å². The number of aryl methyl sites for hydroxylation is 1. The predicted octanol–water partition coefficient (Wildman–Crippen LogP) is 8.00. The van der Waals surface area contributed by atoms with Crippen molar-refractivity contribution in [1.82, 2.24) is 10.3 Å². The lowest BCUT2D eigenvalue weighted by Gasteiger charge is -2.37. The molecule has 0 bridgehead atoms. The van der Waals surface area contributed by atoms with Crippen molar-refractivity contribution in [3.63, 3.8) is 0 Å². The molecule has 3 aromatic carbocycles. The molecule has 0 saturated carbocycles. The van der Waals surface area contributed by atoms with Gasteiger partial charge in [0, 0.05) is 17.7 Å². The fourth-order valence-corrected chi connectivity index (χ4v) is 4.66. The van der Waals surface area contributed by atoms with Crippen LogP contribution in [0.3, 0.4) is 0 Å². The first-order valence-corrected chi connectivity index (χ1v) is 12.0. The maximum atomic E-state index is 13.8. The first-order valence-electron chi connectivity index (χ1n) is 11.6. The van der Waals surface area contributed by atoms with Crippen LogP contribution in [0.5, 0.6) is 0 Å². The van der Waals surface area contributed by atoms with Gasteiger partial charge in [0.1, 0.15) is 5.15 Å². The zero-order valence-electron chi connectivity index (χ0n) is 20.4. The van der Waals surface area contributed by atoms with E-state index in [1.165, 1.54) is 24.3 Å². The zero-order chi connectivity index (χ0) is 28.4. The van der Waals surface area contributed by atoms with Crippen LogP contribution in [-0.4, -0.2) is 10.9 Å². The second-order valence-corrected chi connectivity index (χ2v) is 9.39. The smallest absolute Gasteiger partial charge is 0.338 e. The Kier molecular flexibility index (Phi) is 7.75. The highest BCUT2D eigenvalue weighted by atomic mass is 35.5. The molecule has 10 heteroatoms. The molecule has 0 unspecified atom stereocenters. The summed E-state index contributed by atoms with van der Waals surface area (Å²) in [4.78, 5) is 17.6. The van der Waals surface area contributed by atoms with Gasteiger partial charge in [-0.05, 0) is 60.0 Å². The Morgan fingerprint density at radius 1 is 0.744 bits per heavy atom. The SMILES string of the molecule is Cc1cc(C(=O)NC(Cc2ccccc2)(c2cccc(C(F)(F)F)c2)c2cccc(C(F)(F)F)c2)cc(Cl)n1. The van der Waals surface area contributed by atoms with Crippen LogP contribution >= 0.6 is 11.6 Å². The summed E-state index contributed by atoms with van der Waals surface area (Å²) in [5.41, 5.74) is -2.95. The maximum Gasteiger partial charge on any atom is 0.416 e. The van der Waals surface area contributed by atoms with Crippen molar-refractivity contribution in [3.8, 4) is 0 Å². The number of halogens is 7. The van der Waals surface area contributed by atoms with E-state index in [4.69, 9.17) is 11.6 Å². The summed E-state index contributed by atoms with van der Waals surface area (Å²) in [6, 6.07) is 19.6. The Morgan fingerprint density at radius 3 is 1.74 bits per heavy atom. The Bertz CT molecular complexity index is 1410. The number of rotatable bonds is 6. The molecule has 4 aromatic rings. The molecule has 0 fully saturated rings. The van der Waals surface area contributed by atoms with Crippen molar-refractivity contribution in [2.45, 2.75) is 31.2 Å². The summed E-state index contributed by atoms with van der Waals surface area (Å²) >= 11 is 6.03. The normalized spacial score (nSPS) is 12.3. The molecule has 202 valence electrons. The number of benzene rings is 3. The minimum Gasteiger partial charge on any atom is -0.338 e. The number of carbonyl (C=O) groups is 1. The van der Waals surface area contributed by atoms with E-state index in [0.29, 0.717) is 11.3 Å². The van der Waals surface area contributed by atoms with Gasteiger partial charge in [-0.25, -0.2) is 4.98 Å². The third-order valence-corrected chi connectivity index (χ3v) is 6.38. The predicted molar refractivity (Wildman–Crippen MR) is 135 cm³/mol. The quantitative estimate of drug-likeness (QED) is 0.191. The molecule has 0 aliphatic rings. The molecule has 0 saturated heterocycles. The van der Waals surface area contributed by atoms with E-state index in [0.717, 1.165) is 36.4 Å². The Morgan fingerprint density at radius 2 is 1.26 bits per heavy atom. The Balaban J connectivity index is 2.01. The molecule has 0 spiro atoms. The number of carbonyl (C=O) groups excluding carboxylic acids is 1. The van der Waals surface area contributed by atoms with Gasteiger partial charge < -0.3 is 5.32 Å². The molecular weight excluding hydrogens is 542 g/mol. The van der Waals surface area contributed by atoms with Gasteiger partial charge >= 0.3 is 12.4 Å². The van der Waals surface area contributed by atoms with Crippen LogP contribution in [0.4, 0.5) is 26.3 Å². The van der Waals surface area contributed by atoms with Crippen molar-refractivity contribution in [1.29, 1.82) is 0 Å². The van der Waals surface area contributed by atoms with Gasteiger partial charge in [-0.1, -0.05) is 66.2 Å². The summed E-state index contributed by atoms with van der Waals surface area (Å²) in [7, 11) is 0. The number of alkyl halides is 6. The van der Waals surface area contributed by atoms with Crippen LogP contribution in [0.1, 0.15) is 43.9 Å². The molecule has 1 heterocycles. The van der Waals surface area contributed by atoms with Gasteiger partial charge in [0.25, 0.3) is 5.91 Å². The van der Waals surface area contributed by atoms with Gasteiger partial charge in [-0.15, -0.1) is 0 Å². The topological polar surface area (TPSA) is 42.0 Å². The fraction of sp³-hybridized carbons (Fsp3) is 0.172. The van der Waals surface area contributed by atoms with Crippen molar-refractivity contribution < 1.29 is 31.1 Å². The molecule has 3 nitrogen and oxygen atoms in total. The van der Waals surface area contributed by atoms with Gasteiger partial charge in [-0.2, -0.15) is 26.3 Å². The first-order chi connectivity index (χ1) is 18.3. The van der Waals surface area contributed by atoms with Crippen LogP contribution < -0.4 is 5.32 Å². The summed E-state index contributed by atoms with van der Waals surface area (Å²) in [6.45, 7) is 1.60. The van der Waals surface area contributed by atoms with Crippen molar-refractivity contribution in [3.05, 3.63) is 135 Å². The highest BCUT2D eigenvalue weighted by molar-refractivity contribution is 6.29. The third-order valence-electron chi connectivity index (χ3n) is 6.19. The number of aromatic nitrogens is 1. The second kappa shape index (κ2) is 10.7. The summed E-state index contributed by atoms with van der Waals surface area (Å²) in [6.07, 6.45) is -9.62. The molecule has 0 radical (unpaired) electrons. The standard InChI is InChI=1S/C29H21ClF6N2O/c1-18-13-20(14-25(30)37-18)26(39)38-27(17-19-7-3-2-4-8-19,21-9-5-11-23(15-21)28(31,32)33)22-10-6-12-24(16-22)29(34,35)36/h2-16H,17H2,1H3,(H,38,39). The molecule has 1 aromatic heterocycles. The average Bonchev–Trinajstić information content (AvgIpc) is 2.87. The minimum absolute atomic E-state index is 0.00643. The molecule has 0 atom stereocenters. The fourth-order valence-electron chi connectivity index (χ4n) is 4.41. The molecule has 0 aliphatic heterocycles. The molecular formula is C29H21ClF6N2O. The van der Waals surface area contributed by atoms with Crippen molar-refractivity contribution in [2.75, 3.05) is 0 Å². The van der Waals surface area contributed by atoms with Gasteiger partial charge in [0.15, 0.2) is 0 Å². The molecule has 1 amide bonds. The monoisotopic (exact) mass is 562 g/mol. The highest BCUT2D eigenvalue weighted by Gasteiger charge is 2.41. The number of hydrogen-bond acceptors (Lipinski definition) is 2. The number of nitrogens with one attached hydrogen (secondary N) is 1. The summed E-state index contributed by atoms with van der Waals surface area (Å²) in [5, 5.41) is 2.79. The number of amides is 1. The highest BCUT2D eigenvalue weighted by Crippen LogP contribution is 2.40. The first kappa shape index (κ1) is 28.2. The van der Waals surface area contributed by atoms with E-state index < -0.39 is 34.9 Å². The Labute approximate surface area is 225 Å². The van der Waals surface area contributed by atoms with E-state index >= 15 is 0 Å². The number of pyridine rings is 1. The largest absolute Gasteiger partial charge is 0.416 e. The van der Waals surface area contributed by atoms with Crippen LogP contribution in [0, 0.1) is 6.92 Å². The molecule has 39 heavy (non-hydrogen) atoms. The van der Waals surface area contributed by atoms with Crippen LogP contribution in [-0.2, 0) is 24.3 Å². The van der Waals surface area contributed by atoms with E-state index in [2.05, 4.69) is 10.3 Å². The summed E-state index contributed by atoms with van der Waals surface area (Å²) < 4.78 is 82.6. The lowest BCUT2D eigenvalue weighted by atomic mass is 9.76. The average molecular weight is 563 g/mol. The maximum absolute atomic E-state index is 13.8. The van der Waals surface area contributed by atoms with Gasteiger partial charge in [0.2, 0.25) is 0 Å². The van der Waals surface area contributed by atoms with Crippen LogP contribution in [0.15, 0.2) is 91.0 Å². The molecule has 0 aliphatic carbocycles. The lowest BCUT2D eigenvalue weighted by Crippen LogP contribution is -2.49. The van der Waals surface area contributed by atoms with E-state index in [9.17, 15) is 31.1 Å². The number of hydrogen-bond donors (Lipinski definition) is 1. The van der Waals surface area contributed by atoms with E-state index in [1.54, 1.807) is 37.3 Å². The lowest BCUT2D eigenvalue weighted by molar-refractivity contribution is -0.138. The van der Waals surface area contributed by atoms with Gasteiger partial charge in [0.05, 0.1) is 16.7 Å². The Hall–Kier alpha value is -3.85. The molecule has 4 rings (SSSR count). The van der Waals surface area contributed by atoms with Gasteiger partial charge in [-0.3, -0.25) is 4.79 Å². The zero-order valence-corrected chi connectivity index (χ0v) is 21.1. The third kappa shape index (κ3) is 6.42. The van der Waals surface area contributed by atoms with Crippen LogP contribution in [0.2, 0.25) is 5.15 Å².